The number of hydrogen-bond acceptors (Lipinski definition) is 4. The summed E-state index contributed by atoms with van der Waals surface area (Å²) < 4.78 is 13.7. The summed E-state index contributed by atoms with van der Waals surface area (Å²) >= 11 is 1.32. The maximum absolute atomic E-state index is 13.7. The van der Waals surface area contributed by atoms with Crippen LogP contribution in [0.4, 0.5) is 4.39 Å². The normalized spacial score (nSPS) is 12.3. The largest absolute Gasteiger partial charge is 0.388 e. The van der Waals surface area contributed by atoms with Crippen molar-refractivity contribution in [3.8, 4) is 11.4 Å². The maximum Gasteiger partial charge on any atom is 0.208 e. The van der Waals surface area contributed by atoms with Crippen LogP contribution in [-0.2, 0) is 0 Å². The van der Waals surface area contributed by atoms with Gasteiger partial charge in [-0.05, 0) is 17.7 Å². The van der Waals surface area contributed by atoms with Crippen LogP contribution >= 0.6 is 11.8 Å². The standard InChI is InChI=1S/C16H14FN3OS/c17-13-9-5-4-8-12(13)15-18-16(20-19-15)22-10-14(21)11-6-2-1-3-7-11/h1-9,14,21H,10H2,(H,18,19,20). The lowest BCUT2D eigenvalue weighted by Gasteiger charge is -2.08. The van der Waals surface area contributed by atoms with Gasteiger partial charge in [-0.15, -0.1) is 5.10 Å². The fourth-order valence-corrected chi connectivity index (χ4v) is 2.77. The molecule has 0 aliphatic rings. The van der Waals surface area contributed by atoms with E-state index in [1.165, 1.54) is 17.8 Å². The number of nitrogens with one attached hydrogen (secondary N) is 1. The Morgan fingerprint density at radius 2 is 1.82 bits per heavy atom. The number of H-pyrrole nitrogens is 1. The lowest BCUT2D eigenvalue weighted by molar-refractivity contribution is 0.204. The average molecular weight is 315 g/mol. The van der Waals surface area contributed by atoms with E-state index >= 15 is 0 Å². The van der Waals surface area contributed by atoms with Crippen LogP contribution in [0.3, 0.4) is 0 Å². The minimum Gasteiger partial charge on any atom is -0.388 e. The number of thioether (sulfide) groups is 1. The molecule has 3 aromatic rings. The molecule has 4 nitrogen and oxygen atoms in total. The second kappa shape index (κ2) is 6.72. The lowest BCUT2D eigenvalue weighted by atomic mass is 10.1. The van der Waals surface area contributed by atoms with Gasteiger partial charge in [0.1, 0.15) is 5.82 Å². The van der Waals surface area contributed by atoms with Gasteiger partial charge in [0.2, 0.25) is 5.16 Å². The number of aromatic nitrogens is 3. The molecule has 0 spiro atoms. The van der Waals surface area contributed by atoms with E-state index in [9.17, 15) is 9.50 Å². The van der Waals surface area contributed by atoms with Gasteiger partial charge in [-0.2, -0.15) is 0 Å². The van der Waals surface area contributed by atoms with E-state index in [0.717, 1.165) is 5.56 Å². The van der Waals surface area contributed by atoms with Gasteiger partial charge >= 0.3 is 0 Å². The second-order valence-corrected chi connectivity index (χ2v) is 5.67. The van der Waals surface area contributed by atoms with E-state index in [4.69, 9.17) is 0 Å². The Bertz CT molecular complexity index is 748. The van der Waals surface area contributed by atoms with Crippen molar-refractivity contribution in [3.05, 3.63) is 66.0 Å². The highest BCUT2D eigenvalue weighted by molar-refractivity contribution is 7.99. The maximum atomic E-state index is 13.7. The SMILES string of the molecule is OC(CSc1n[nH]c(-c2ccccc2F)n1)c1ccccc1. The second-order valence-electron chi connectivity index (χ2n) is 4.68. The highest BCUT2D eigenvalue weighted by Gasteiger charge is 2.12. The molecule has 112 valence electrons. The van der Waals surface area contributed by atoms with Gasteiger partial charge in [-0.3, -0.25) is 5.10 Å². The van der Waals surface area contributed by atoms with Crippen molar-refractivity contribution in [2.45, 2.75) is 11.3 Å². The summed E-state index contributed by atoms with van der Waals surface area (Å²) in [5.41, 5.74) is 1.23. The Morgan fingerprint density at radius 3 is 2.59 bits per heavy atom. The summed E-state index contributed by atoms with van der Waals surface area (Å²) in [6.45, 7) is 0. The summed E-state index contributed by atoms with van der Waals surface area (Å²) in [6.07, 6.45) is -0.596. The third-order valence-electron chi connectivity index (χ3n) is 3.15. The van der Waals surface area contributed by atoms with E-state index in [1.807, 2.05) is 30.3 Å². The first-order valence-electron chi connectivity index (χ1n) is 6.77. The van der Waals surface area contributed by atoms with Gasteiger partial charge in [0, 0.05) is 5.75 Å². The molecule has 0 aliphatic carbocycles. The Morgan fingerprint density at radius 1 is 1.09 bits per heavy atom. The van der Waals surface area contributed by atoms with Crippen molar-refractivity contribution in [1.82, 2.24) is 15.2 Å². The van der Waals surface area contributed by atoms with E-state index in [0.29, 0.717) is 22.3 Å². The number of benzene rings is 2. The molecule has 22 heavy (non-hydrogen) atoms. The van der Waals surface area contributed by atoms with Crippen molar-refractivity contribution in [2.75, 3.05) is 5.75 Å². The summed E-state index contributed by atoms with van der Waals surface area (Å²) in [5, 5.41) is 17.4. The molecular weight excluding hydrogens is 301 g/mol. The van der Waals surface area contributed by atoms with E-state index < -0.39 is 6.10 Å². The summed E-state index contributed by atoms with van der Waals surface area (Å²) in [6, 6.07) is 15.8. The van der Waals surface area contributed by atoms with Crippen LogP contribution in [0.25, 0.3) is 11.4 Å². The van der Waals surface area contributed by atoms with Crippen molar-refractivity contribution in [2.24, 2.45) is 0 Å². The molecule has 1 aromatic heterocycles. The van der Waals surface area contributed by atoms with Crippen molar-refractivity contribution in [3.63, 3.8) is 0 Å². The Balaban J connectivity index is 1.67. The molecule has 3 rings (SSSR count). The van der Waals surface area contributed by atoms with Crippen LogP contribution in [0.5, 0.6) is 0 Å². The molecule has 0 radical (unpaired) electrons. The van der Waals surface area contributed by atoms with Gasteiger partial charge in [0.05, 0.1) is 11.7 Å². The molecule has 0 aliphatic heterocycles. The highest BCUT2D eigenvalue weighted by Crippen LogP contribution is 2.25. The number of hydrogen-bond donors (Lipinski definition) is 2. The quantitative estimate of drug-likeness (QED) is 0.708. The molecule has 1 atom stereocenters. The minimum absolute atomic E-state index is 0.348. The van der Waals surface area contributed by atoms with Gasteiger partial charge in [0.15, 0.2) is 5.82 Å². The predicted molar refractivity (Wildman–Crippen MR) is 83.9 cm³/mol. The molecule has 0 bridgehead atoms. The molecule has 0 saturated carbocycles. The molecule has 2 aromatic carbocycles. The van der Waals surface area contributed by atoms with E-state index in [2.05, 4.69) is 15.2 Å². The smallest absolute Gasteiger partial charge is 0.208 e. The number of aliphatic hydroxyl groups excluding tert-OH is 1. The van der Waals surface area contributed by atoms with Crippen molar-refractivity contribution in [1.29, 1.82) is 0 Å². The van der Waals surface area contributed by atoms with Crippen molar-refractivity contribution < 1.29 is 9.50 Å². The van der Waals surface area contributed by atoms with Crippen LogP contribution in [0.15, 0.2) is 59.8 Å². The minimum atomic E-state index is -0.596. The zero-order chi connectivity index (χ0) is 15.4. The first kappa shape index (κ1) is 14.7. The number of nitrogens with zero attached hydrogens (tertiary/aromatic N) is 2. The van der Waals surface area contributed by atoms with E-state index in [1.54, 1.807) is 18.2 Å². The fraction of sp³-hybridized carbons (Fsp3) is 0.125. The first-order valence-corrected chi connectivity index (χ1v) is 7.75. The van der Waals surface area contributed by atoms with Gasteiger partial charge < -0.3 is 5.11 Å². The fourth-order valence-electron chi connectivity index (χ4n) is 2.01. The van der Waals surface area contributed by atoms with Crippen LogP contribution in [0, 0.1) is 5.82 Å². The van der Waals surface area contributed by atoms with Gasteiger partial charge in [0.25, 0.3) is 0 Å². The number of aromatic amines is 1. The number of aliphatic hydroxyl groups is 1. The third kappa shape index (κ3) is 3.35. The van der Waals surface area contributed by atoms with Crippen LogP contribution in [0.1, 0.15) is 11.7 Å². The molecule has 0 amide bonds. The van der Waals surface area contributed by atoms with Crippen LogP contribution in [-0.4, -0.2) is 26.0 Å². The molecule has 1 unspecified atom stereocenters. The monoisotopic (exact) mass is 315 g/mol. The number of rotatable bonds is 5. The third-order valence-corrected chi connectivity index (χ3v) is 4.07. The summed E-state index contributed by atoms with van der Waals surface area (Å²) in [5.74, 6) is 0.466. The van der Waals surface area contributed by atoms with Crippen LogP contribution < -0.4 is 0 Å². The zero-order valence-electron chi connectivity index (χ0n) is 11.6. The van der Waals surface area contributed by atoms with Crippen molar-refractivity contribution >= 4 is 11.8 Å². The molecule has 1 heterocycles. The topological polar surface area (TPSA) is 61.8 Å². The molecule has 6 heteroatoms. The Hall–Kier alpha value is -2.18. The number of halogens is 1. The van der Waals surface area contributed by atoms with Crippen LogP contribution in [0.2, 0.25) is 0 Å². The van der Waals surface area contributed by atoms with Gasteiger partial charge in [-0.25, -0.2) is 9.37 Å². The first-order chi connectivity index (χ1) is 10.7. The van der Waals surface area contributed by atoms with Gasteiger partial charge in [-0.1, -0.05) is 54.2 Å². The Kier molecular flexibility index (Phi) is 4.50. The highest BCUT2D eigenvalue weighted by atomic mass is 32.2. The molecule has 0 fully saturated rings. The summed E-state index contributed by atoms with van der Waals surface area (Å²) in [4.78, 5) is 4.25. The van der Waals surface area contributed by atoms with E-state index in [-0.39, 0.29) is 5.82 Å². The average Bonchev–Trinajstić information content (AvgIpc) is 3.02. The lowest BCUT2D eigenvalue weighted by Crippen LogP contribution is -2.00. The zero-order valence-corrected chi connectivity index (χ0v) is 12.4. The predicted octanol–water partition coefficient (Wildman–Crippen LogP) is 3.44. The summed E-state index contributed by atoms with van der Waals surface area (Å²) in [7, 11) is 0. The molecule has 2 N–H and O–H groups in total. The molecule has 0 saturated heterocycles. The Labute approximate surface area is 131 Å². The molecular formula is C16H14FN3OS.